The standard InChI is InChI=1S/C10H23BrOSi/c1-4-9-12-13(5-2,6-3)10-7-8-11/h4-10H2,1-3H3. The Morgan fingerprint density at radius 2 is 1.77 bits per heavy atom. The number of halogens is 1. The molecule has 0 atom stereocenters. The minimum atomic E-state index is -1.32. The van der Waals surface area contributed by atoms with Crippen molar-refractivity contribution in [3.63, 3.8) is 0 Å². The third-order valence-electron chi connectivity index (χ3n) is 2.67. The molecule has 0 rings (SSSR count). The van der Waals surface area contributed by atoms with Gasteiger partial charge in [-0.25, -0.2) is 0 Å². The minimum absolute atomic E-state index is 0.968. The Balaban J connectivity index is 3.97. The summed E-state index contributed by atoms with van der Waals surface area (Å²) in [4.78, 5) is 0. The van der Waals surface area contributed by atoms with Crippen molar-refractivity contribution in [1.29, 1.82) is 0 Å². The topological polar surface area (TPSA) is 9.23 Å². The SMILES string of the molecule is CCCO[Si](CC)(CC)CCCBr. The summed E-state index contributed by atoms with van der Waals surface area (Å²) in [6.45, 7) is 7.74. The van der Waals surface area contributed by atoms with Crippen molar-refractivity contribution in [1.82, 2.24) is 0 Å². The van der Waals surface area contributed by atoms with Crippen LogP contribution in [0.15, 0.2) is 0 Å². The number of hydrogen-bond donors (Lipinski definition) is 0. The van der Waals surface area contributed by atoms with Crippen LogP contribution in [0.5, 0.6) is 0 Å². The Labute approximate surface area is 92.5 Å². The Morgan fingerprint density at radius 3 is 2.15 bits per heavy atom. The molecular formula is C10H23BrOSi. The van der Waals surface area contributed by atoms with Gasteiger partial charge in [-0.3, -0.25) is 0 Å². The van der Waals surface area contributed by atoms with Gasteiger partial charge in [0.05, 0.1) is 0 Å². The van der Waals surface area contributed by atoms with Crippen molar-refractivity contribution in [2.75, 3.05) is 11.9 Å². The van der Waals surface area contributed by atoms with Crippen LogP contribution in [0.4, 0.5) is 0 Å². The van der Waals surface area contributed by atoms with Crippen LogP contribution in [-0.4, -0.2) is 20.3 Å². The molecule has 0 bridgehead atoms. The van der Waals surface area contributed by atoms with Gasteiger partial charge in [-0.05, 0) is 31.0 Å². The van der Waals surface area contributed by atoms with E-state index in [2.05, 4.69) is 36.7 Å². The van der Waals surface area contributed by atoms with E-state index in [1.54, 1.807) is 0 Å². The first-order chi connectivity index (χ1) is 6.24. The molecule has 0 aromatic rings. The maximum atomic E-state index is 6.10. The van der Waals surface area contributed by atoms with Crippen LogP contribution in [0.2, 0.25) is 18.1 Å². The highest BCUT2D eigenvalue weighted by Crippen LogP contribution is 2.24. The summed E-state index contributed by atoms with van der Waals surface area (Å²) in [5, 5.41) is 1.12. The van der Waals surface area contributed by atoms with Crippen molar-refractivity contribution in [2.45, 2.75) is 51.7 Å². The van der Waals surface area contributed by atoms with Crippen molar-refractivity contribution >= 4 is 24.2 Å². The normalized spacial score (nSPS) is 12.0. The molecule has 0 fully saturated rings. The van der Waals surface area contributed by atoms with E-state index in [-0.39, 0.29) is 0 Å². The average molecular weight is 267 g/mol. The van der Waals surface area contributed by atoms with E-state index < -0.39 is 8.32 Å². The molecule has 80 valence electrons. The summed E-state index contributed by atoms with van der Waals surface area (Å²) in [5.41, 5.74) is 0. The van der Waals surface area contributed by atoms with E-state index in [1.807, 2.05) is 0 Å². The molecule has 3 heteroatoms. The van der Waals surface area contributed by atoms with Crippen LogP contribution in [0.1, 0.15) is 33.6 Å². The smallest absolute Gasteiger partial charge is 0.192 e. The molecular weight excluding hydrogens is 244 g/mol. The van der Waals surface area contributed by atoms with Crippen molar-refractivity contribution in [3.8, 4) is 0 Å². The van der Waals surface area contributed by atoms with Gasteiger partial charge in [-0.2, -0.15) is 0 Å². The highest BCUT2D eigenvalue weighted by molar-refractivity contribution is 9.09. The molecule has 0 aliphatic carbocycles. The zero-order chi connectivity index (χ0) is 10.2. The molecule has 0 aliphatic rings. The molecule has 13 heavy (non-hydrogen) atoms. The lowest BCUT2D eigenvalue weighted by atomic mass is 10.5. The monoisotopic (exact) mass is 266 g/mol. The number of alkyl halides is 1. The second-order valence-corrected chi connectivity index (χ2v) is 8.89. The molecule has 0 saturated heterocycles. The van der Waals surface area contributed by atoms with E-state index >= 15 is 0 Å². The van der Waals surface area contributed by atoms with Crippen LogP contribution in [0.25, 0.3) is 0 Å². The van der Waals surface area contributed by atoms with E-state index in [9.17, 15) is 0 Å². The van der Waals surface area contributed by atoms with Gasteiger partial charge in [-0.1, -0.05) is 36.7 Å². The van der Waals surface area contributed by atoms with Gasteiger partial charge < -0.3 is 4.43 Å². The molecule has 0 unspecified atom stereocenters. The summed E-state index contributed by atoms with van der Waals surface area (Å²) in [7, 11) is -1.32. The van der Waals surface area contributed by atoms with Gasteiger partial charge in [0.15, 0.2) is 8.32 Å². The second kappa shape index (κ2) is 8.01. The summed E-state index contributed by atoms with van der Waals surface area (Å²) in [6, 6.07) is 3.87. The lowest BCUT2D eigenvalue weighted by molar-refractivity contribution is 0.298. The average Bonchev–Trinajstić information content (AvgIpc) is 2.20. The van der Waals surface area contributed by atoms with Gasteiger partial charge in [0, 0.05) is 11.9 Å². The largest absolute Gasteiger partial charge is 0.417 e. The molecule has 0 aromatic heterocycles. The first-order valence-corrected chi connectivity index (χ1v) is 9.09. The van der Waals surface area contributed by atoms with Crippen LogP contribution in [0, 0.1) is 0 Å². The van der Waals surface area contributed by atoms with Gasteiger partial charge in [-0.15, -0.1) is 0 Å². The molecule has 0 radical (unpaired) electrons. The lowest BCUT2D eigenvalue weighted by Gasteiger charge is -2.29. The van der Waals surface area contributed by atoms with E-state index in [0.717, 1.165) is 18.4 Å². The van der Waals surface area contributed by atoms with Crippen molar-refractivity contribution in [2.24, 2.45) is 0 Å². The van der Waals surface area contributed by atoms with Crippen molar-refractivity contribution in [3.05, 3.63) is 0 Å². The number of rotatable bonds is 8. The fourth-order valence-corrected chi connectivity index (χ4v) is 5.60. The van der Waals surface area contributed by atoms with Gasteiger partial charge in [0.2, 0.25) is 0 Å². The van der Waals surface area contributed by atoms with Crippen molar-refractivity contribution < 1.29 is 4.43 Å². The maximum Gasteiger partial charge on any atom is 0.192 e. The van der Waals surface area contributed by atoms with Gasteiger partial charge >= 0.3 is 0 Å². The Kier molecular flexibility index (Phi) is 8.41. The molecule has 0 spiro atoms. The molecule has 0 aliphatic heterocycles. The third-order valence-corrected chi connectivity index (χ3v) is 7.89. The highest BCUT2D eigenvalue weighted by atomic mass is 79.9. The summed E-state index contributed by atoms with van der Waals surface area (Å²) < 4.78 is 6.10. The second-order valence-electron chi connectivity index (χ2n) is 3.53. The zero-order valence-electron chi connectivity index (χ0n) is 9.24. The van der Waals surface area contributed by atoms with E-state index in [0.29, 0.717) is 0 Å². The fraction of sp³-hybridized carbons (Fsp3) is 1.00. The first kappa shape index (κ1) is 13.7. The van der Waals surface area contributed by atoms with Crippen LogP contribution in [0.3, 0.4) is 0 Å². The van der Waals surface area contributed by atoms with Crippen LogP contribution in [-0.2, 0) is 4.43 Å². The molecule has 0 heterocycles. The van der Waals surface area contributed by atoms with E-state index in [4.69, 9.17) is 4.43 Å². The Morgan fingerprint density at radius 1 is 1.15 bits per heavy atom. The van der Waals surface area contributed by atoms with Gasteiger partial charge in [0.1, 0.15) is 0 Å². The van der Waals surface area contributed by atoms with E-state index in [1.165, 1.54) is 24.6 Å². The number of hydrogen-bond acceptors (Lipinski definition) is 1. The summed E-state index contributed by atoms with van der Waals surface area (Å²) in [6.07, 6.45) is 2.43. The van der Waals surface area contributed by atoms with Gasteiger partial charge in [0.25, 0.3) is 0 Å². The third kappa shape index (κ3) is 5.18. The fourth-order valence-electron chi connectivity index (χ4n) is 1.59. The minimum Gasteiger partial charge on any atom is -0.417 e. The predicted octanol–water partition coefficient (Wildman–Crippen LogP) is 4.18. The molecule has 0 saturated carbocycles. The zero-order valence-corrected chi connectivity index (χ0v) is 11.8. The first-order valence-electron chi connectivity index (χ1n) is 5.44. The molecule has 1 nitrogen and oxygen atoms in total. The van der Waals surface area contributed by atoms with Crippen LogP contribution >= 0.6 is 15.9 Å². The lowest BCUT2D eigenvalue weighted by Crippen LogP contribution is -2.36. The summed E-state index contributed by atoms with van der Waals surface area (Å²) >= 11 is 3.50. The molecule has 0 N–H and O–H groups in total. The molecule has 0 aromatic carbocycles. The maximum absolute atomic E-state index is 6.10. The Hall–Kier alpha value is 0.657. The quantitative estimate of drug-likeness (QED) is 0.473. The predicted molar refractivity (Wildman–Crippen MR) is 66.2 cm³/mol. The van der Waals surface area contributed by atoms with Crippen LogP contribution < -0.4 is 0 Å². The highest BCUT2D eigenvalue weighted by Gasteiger charge is 2.29. The molecule has 0 amide bonds. The Bertz CT molecular complexity index is 105. The summed E-state index contributed by atoms with van der Waals surface area (Å²) in [5.74, 6) is 0.